The van der Waals surface area contributed by atoms with Gasteiger partial charge in [0.2, 0.25) is 0 Å². The van der Waals surface area contributed by atoms with Crippen LogP contribution in [0, 0.1) is 0 Å². The van der Waals surface area contributed by atoms with Gasteiger partial charge in [-0.3, -0.25) is 4.99 Å². The van der Waals surface area contributed by atoms with Crippen molar-refractivity contribution in [3.05, 3.63) is 29.8 Å². The predicted molar refractivity (Wildman–Crippen MR) is 85.3 cm³/mol. The van der Waals surface area contributed by atoms with Crippen LogP contribution in [0.2, 0.25) is 0 Å². The van der Waals surface area contributed by atoms with E-state index in [1.54, 1.807) is 0 Å². The molecule has 4 heteroatoms. The summed E-state index contributed by atoms with van der Waals surface area (Å²) >= 11 is 0. The third kappa shape index (κ3) is 5.51. The van der Waals surface area contributed by atoms with Crippen LogP contribution in [-0.2, 0) is 6.42 Å². The normalized spacial score (nSPS) is 11.4. The number of aliphatic imine (C=N–C) groups is 1. The Bertz CT molecular complexity index is 414. The largest absolute Gasteiger partial charge is 0.494 e. The first-order valence-electron chi connectivity index (χ1n) is 7.47. The van der Waals surface area contributed by atoms with Crippen LogP contribution in [0.15, 0.2) is 29.3 Å². The molecule has 0 saturated carbocycles. The summed E-state index contributed by atoms with van der Waals surface area (Å²) < 4.78 is 5.63. The van der Waals surface area contributed by atoms with E-state index >= 15 is 0 Å². The van der Waals surface area contributed by atoms with Gasteiger partial charge in [-0.1, -0.05) is 19.1 Å². The van der Waals surface area contributed by atoms with E-state index in [1.165, 1.54) is 5.56 Å². The molecule has 0 aromatic heterocycles. The second-order valence-corrected chi connectivity index (χ2v) is 4.66. The minimum Gasteiger partial charge on any atom is -0.494 e. The van der Waals surface area contributed by atoms with E-state index in [-0.39, 0.29) is 0 Å². The van der Waals surface area contributed by atoms with Gasteiger partial charge in [-0.05, 0) is 44.4 Å². The maximum Gasteiger partial charge on any atom is 0.191 e. The average Bonchev–Trinajstić information content (AvgIpc) is 2.47. The van der Waals surface area contributed by atoms with Crippen molar-refractivity contribution >= 4 is 5.96 Å². The van der Waals surface area contributed by atoms with Gasteiger partial charge in [0.15, 0.2) is 5.96 Å². The zero-order valence-electron chi connectivity index (χ0n) is 12.9. The van der Waals surface area contributed by atoms with E-state index in [1.807, 2.05) is 12.1 Å². The Kier molecular flexibility index (Phi) is 7.55. The van der Waals surface area contributed by atoms with Gasteiger partial charge in [0.25, 0.3) is 0 Å². The molecule has 20 heavy (non-hydrogen) atoms. The molecule has 0 saturated heterocycles. The average molecular weight is 277 g/mol. The lowest BCUT2D eigenvalue weighted by Crippen LogP contribution is -2.37. The topological polar surface area (TPSA) is 50.9 Å². The number of nitrogens with two attached hydrogens (primary N) is 1. The molecular weight excluding hydrogens is 250 g/mol. The Balaban J connectivity index is 2.51. The number of rotatable bonds is 8. The molecule has 1 aromatic carbocycles. The van der Waals surface area contributed by atoms with Crippen molar-refractivity contribution in [1.29, 1.82) is 0 Å². The zero-order chi connectivity index (χ0) is 14.8. The molecule has 112 valence electrons. The standard InChI is InChI=1S/C16H27N3O/c1-4-12-20-15-9-7-8-14(13-15)10-11-18-16(17)19(5-2)6-3/h7-9,13H,4-6,10-12H2,1-3H3,(H2,17,18). The summed E-state index contributed by atoms with van der Waals surface area (Å²) in [5.74, 6) is 1.57. The third-order valence-electron chi connectivity index (χ3n) is 3.13. The summed E-state index contributed by atoms with van der Waals surface area (Å²) in [4.78, 5) is 6.49. The molecule has 0 aliphatic rings. The predicted octanol–water partition coefficient (Wildman–Crippen LogP) is 2.67. The highest BCUT2D eigenvalue weighted by Gasteiger charge is 2.02. The Morgan fingerprint density at radius 1 is 1.25 bits per heavy atom. The van der Waals surface area contributed by atoms with Crippen LogP contribution in [0.5, 0.6) is 5.75 Å². The molecule has 0 spiro atoms. The van der Waals surface area contributed by atoms with Crippen LogP contribution >= 0.6 is 0 Å². The van der Waals surface area contributed by atoms with E-state index in [2.05, 4.69) is 42.8 Å². The van der Waals surface area contributed by atoms with Crippen molar-refractivity contribution in [2.75, 3.05) is 26.2 Å². The second kappa shape index (κ2) is 9.23. The van der Waals surface area contributed by atoms with Gasteiger partial charge in [0, 0.05) is 19.6 Å². The minimum absolute atomic E-state index is 0.633. The highest BCUT2D eigenvalue weighted by Crippen LogP contribution is 2.14. The van der Waals surface area contributed by atoms with Crippen molar-refractivity contribution in [3.63, 3.8) is 0 Å². The lowest BCUT2D eigenvalue weighted by atomic mass is 10.1. The summed E-state index contributed by atoms with van der Waals surface area (Å²) in [6.45, 7) is 9.53. The second-order valence-electron chi connectivity index (χ2n) is 4.66. The van der Waals surface area contributed by atoms with Crippen molar-refractivity contribution in [3.8, 4) is 5.75 Å². The van der Waals surface area contributed by atoms with Crippen molar-refractivity contribution in [2.45, 2.75) is 33.6 Å². The maximum atomic E-state index is 5.95. The molecule has 0 radical (unpaired) electrons. The molecular formula is C16H27N3O. The van der Waals surface area contributed by atoms with Crippen molar-refractivity contribution < 1.29 is 4.74 Å². The summed E-state index contributed by atoms with van der Waals surface area (Å²) in [6.07, 6.45) is 1.90. The van der Waals surface area contributed by atoms with Crippen molar-refractivity contribution in [1.82, 2.24) is 4.90 Å². The Morgan fingerprint density at radius 2 is 2.00 bits per heavy atom. The maximum absolute atomic E-state index is 5.95. The number of nitrogens with zero attached hydrogens (tertiary/aromatic N) is 2. The molecule has 2 N–H and O–H groups in total. The molecule has 0 fully saturated rings. The lowest BCUT2D eigenvalue weighted by Gasteiger charge is -2.19. The summed E-state index contributed by atoms with van der Waals surface area (Å²) in [5.41, 5.74) is 7.18. The minimum atomic E-state index is 0.633. The van der Waals surface area contributed by atoms with Gasteiger partial charge < -0.3 is 15.4 Å². The quantitative estimate of drug-likeness (QED) is 0.587. The van der Waals surface area contributed by atoms with Crippen LogP contribution in [0.3, 0.4) is 0 Å². The monoisotopic (exact) mass is 277 g/mol. The van der Waals surface area contributed by atoms with Crippen LogP contribution in [0.1, 0.15) is 32.8 Å². The first-order valence-corrected chi connectivity index (χ1v) is 7.47. The number of guanidine groups is 1. The van der Waals surface area contributed by atoms with Gasteiger partial charge in [0.05, 0.1) is 6.61 Å². The van der Waals surface area contributed by atoms with Crippen LogP contribution in [-0.4, -0.2) is 37.1 Å². The molecule has 0 atom stereocenters. The fourth-order valence-corrected chi connectivity index (χ4v) is 1.96. The fourth-order valence-electron chi connectivity index (χ4n) is 1.96. The fraction of sp³-hybridized carbons (Fsp3) is 0.562. The third-order valence-corrected chi connectivity index (χ3v) is 3.13. The molecule has 0 unspecified atom stereocenters. The molecule has 0 bridgehead atoms. The van der Waals surface area contributed by atoms with Crippen molar-refractivity contribution in [2.24, 2.45) is 10.7 Å². The van der Waals surface area contributed by atoms with E-state index in [0.717, 1.165) is 38.3 Å². The van der Waals surface area contributed by atoms with E-state index in [9.17, 15) is 0 Å². The SMILES string of the molecule is CCCOc1cccc(CCN=C(N)N(CC)CC)c1. The summed E-state index contributed by atoms with van der Waals surface area (Å²) in [7, 11) is 0. The van der Waals surface area contributed by atoms with E-state index in [0.29, 0.717) is 12.5 Å². The number of hydrogen-bond donors (Lipinski definition) is 1. The van der Waals surface area contributed by atoms with Crippen LogP contribution in [0.4, 0.5) is 0 Å². The highest BCUT2D eigenvalue weighted by atomic mass is 16.5. The molecule has 1 aromatic rings. The first kappa shape index (κ1) is 16.3. The highest BCUT2D eigenvalue weighted by molar-refractivity contribution is 5.77. The summed E-state index contributed by atoms with van der Waals surface area (Å²) in [6, 6.07) is 8.20. The van der Waals surface area contributed by atoms with Gasteiger partial charge >= 0.3 is 0 Å². The Labute approximate surface area is 122 Å². The smallest absolute Gasteiger partial charge is 0.191 e. The zero-order valence-corrected chi connectivity index (χ0v) is 12.9. The van der Waals surface area contributed by atoms with Crippen LogP contribution < -0.4 is 10.5 Å². The molecule has 1 rings (SSSR count). The number of hydrogen-bond acceptors (Lipinski definition) is 2. The number of benzene rings is 1. The molecule has 0 aliphatic carbocycles. The van der Waals surface area contributed by atoms with Gasteiger partial charge in [-0.25, -0.2) is 0 Å². The summed E-state index contributed by atoms with van der Waals surface area (Å²) in [5, 5.41) is 0. The molecule has 0 aliphatic heterocycles. The van der Waals surface area contributed by atoms with Crippen LogP contribution in [0.25, 0.3) is 0 Å². The van der Waals surface area contributed by atoms with E-state index in [4.69, 9.17) is 10.5 Å². The lowest BCUT2D eigenvalue weighted by molar-refractivity contribution is 0.317. The molecule has 4 nitrogen and oxygen atoms in total. The first-order chi connectivity index (χ1) is 9.71. The Morgan fingerprint density at radius 3 is 2.65 bits per heavy atom. The Hall–Kier alpha value is -1.71. The molecule has 0 amide bonds. The van der Waals surface area contributed by atoms with Gasteiger partial charge in [-0.2, -0.15) is 0 Å². The van der Waals surface area contributed by atoms with Gasteiger partial charge in [-0.15, -0.1) is 0 Å². The molecule has 0 heterocycles. The number of ether oxygens (including phenoxy) is 1. The van der Waals surface area contributed by atoms with E-state index < -0.39 is 0 Å². The van der Waals surface area contributed by atoms with Gasteiger partial charge in [0.1, 0.15) is 5.75 Å².